The van der Waals surface area contributed by atoms with Crippen LogP contribution in [-0.2, 0) is 11.2 Å². The molecule has 3 nitrogen and oxygen atoms in total. The van der Waals surface area contributed by atoms with Gasteiger partial charge in [0.05, 0.1) is 5.52 Å². The molecule has 2 aromatic rings. The Hall–Kier alpha value is -1.45. The highest BCUT2D eigenvalue weighted by Gasteiger charge is 2.10. The first-order valence-corrected chi connectivity index (χ1v) is 7.49. The minimum atomic E-state index is 0.456. The maximum Gasteiger partial charge on any atom is 0.0704 e. The van der Waals surface area contributed by atoms with Crippen molar-refractivity contribution in [1.82, 2.24) is 10.3 Å². The maximum atomic E-state index is 5.48. The highest BCUT2D eigenvalue weighted by Crippen LogP contribution is 2.18. The van der Waals surface area contributed by atoms with Gasteiger partial charge < -0.3 is 10.1 Å². The molecule has 1 aromatic heterocycles. The lowest BCUT2D eigenvalue weighted by Crippen LogP contribution is -2.32. The van der Waals surface area contributed by atoms with Crippen LogP contribution in [0.2, 0.25) is 0 Å². The molecule has 1 aromatic carbocycles. The first-order chi connectivity index (χ1) is 9.85. The molecule has 0 radical (unpaired) electrons. The third-order valence-corrected chi connectivity index (χ3v) is 3.51. The normalized spacial score (nSPS) is 12.7. The summed E-state index contributed by atoms with van der Waals surface area (Å²) in [5.74, 6) is 0. The molecule has 0 fully saturated rings. The van der Waals surface area contributed by atoms with Gasteiger partial charge in [-0.25, -0.2) is 0 Å². The first-order valence-electron chi connectivity index (χ1n) is 7.49. The van der Waals surface area contributed by atoms with Crippen LogP contribution in [0.5, 0.6) is 0 Å². The number of pyridine rings is 1. The molecular formula is C17H24N2O. The number of benzene rings is 1. The summed E-state index contributed by atoms with van der Waals surface area (Å²) in [5, 5.41) is 4.81. The van der Waals surface area contributed by atoms with Crippen molar-refractivity contribution in [3.63, 3.8) is 0 Å². The third kappa shape index (κ3) is 4.02. The monoisotopic (exact) mass is 272 g/mol. The number of aromatic nitrogens is 1. The predicted octanol–water partition coefficient (Wildman–Crippen LogP) is 3.18. The molecule has 1 unspecified atom stereocenters. The molecule has 0 saturated heterocycles. The van der Waals surface area contributed by atoms with E-state index in [1.165, 1.54) is 10.9 Å². The lowest BCUT2D eigenvalue weighted by atomic mass is 10.00. The largest absolute Gasteiger partial charge is 0.382 e. The average molecular weight is 272 g/mol. The van der Waals surface area contributed by atoms with Crippen molar-refractivity contribution in [3.05, 3.63) is 42.1 Å². The molecule has 0 aliphatic rings. The smallest absolute Gasteiger partial charge is 0.0704 e. The van der Waals surface area contributed by atoms with Crippen molar-refractivity contribution >= 4 is 10.9 Å². The van der Waals surface area contributed by atoms with Crippen molar-refractivity contribution in [2.75, 3.05) is 19.8 Å². The van der Waals surface area contributed by atoms with Crippen molar-refractivity contribution in [3.8, 4) is 0 Å². The summed E-state index contributed by atoms with van der Waals surface area (Å²) in [6.45, 7) is 6.78. The van der Waals surface area contributed by atoms with Crippen LogP contribution in [0.1, 0.15) is 25.8 Å². The number of ether oxygens (including phenoxy) is 1. The van der Waals surface area contributed by atoms with Crippen molar-refractivity contribution < 1.29 is 4.74 Å². The van der Waals surface area contributed by atoms with Gasteiger partial charge in [0, 0.05) is 30.8 Å². The zero-order chi connectivity index (χ0) is 14.2. The van der Waals surface area contributed by atoms with Crippen LogP contribution in [0.3, 0.4) is 0 Å². The molecule has 1 N–H and O–H groups in total. The summed E-state index contributed by atoms with van der Waals surface area (Å²) in [7, 11) is 0. The van der Waals surface area contributed by atoms with Crippen LogP contribution in [-0.4, -0.2) is 30.8 Å². The minimum absolute atomic E-state index is 0.456. The molecule has 1 heterocycles. The molecule has 0 spiro atoms. The van der Waals surface area contributed by atoms with Crippen molar-refractivity contribution in [1.29, 1.82) is 0 Å². The number of hydrogen-bond acceptors (Lipinski definition) is 3. The fraction of sp³-hybridized carbons (Fsp3) is 0.471. The van der Waals surface area contributed by atoms with E-state index in [9.17, 15) is 0 Å². The Morgan fingerprint density at radius 1 is 1.20 bits per heavy atom. The number of nitrogens with one attached hydrogen (secondary N) is 1. The average Bonchev–Trinajstić information content (AvgIpc) is 2.48. The van der Waals surface area contributed by atoms with Gasteiger partial charge in [-0.1, -0.05) is 25.1 Å². The molecular weight excluding hydrogens is 248 g/mol. The molecule has 20 heavy (non-hydrogen) atoms. The summed E-state index contributed by atoms with van der Waals surface area (Å²) < 4.78 is 5.48. The van der Waals surface area contributed by atoms with Crippen LogP contribution < -0.4 is 5.32 Å². The Kier molecular flexibility index (Phi) is 5.96. The van der Waals surface area contributed by atoms with Crippen LogP contribution in [0.25, 0.3) is 10.9 Å². The molecule has 0 aliphatic heterocycles. The van der Waals surface area contributed by atoms with E-state index in [2.05, 4.69) is 41.5 Å². The van der Waals surface area contributed by atoms with E-state index in [1.807, 2.05) is 19.2 Å². The second-order valence-corrected chi connectivity index (χ2v) is 4.93. The molecule has 0 aliphatic carbocycles. The Morgan fingerprint density at radius 3 is 2.85 bits per heavy atom. The minimum Gasteiger partial charge on any atom is -0.382 e. The molecule has 1 atom stereocenters. The number of fused-ring (bicyclic) bond motifs is 1. The number of nitrogens with zero attached hydrogens (tertiary/aromatic N) is 1. The lowest BCUT2D eigenvalue weighted by molar-refractivity contribution is 0.136. The summed E-state index contributed by atoms with van der Waals surface area (Å²) in [6, 6.07) is 10.9. The standard InChI is InChI=1S/C17H24N2O/c1-3-18-15(10-12-20-4-2)13-14-9-11-19-17-8-6-5-7-16(14)17/h5-9,11,15,18H,3-4,10,12-13H2,1-2H3. The van der Waals surface area contributed by atoms with Crippen molar-refractivity contribution in [2.45, 2.75) is 32.7 Å². The van der Waals surface area contributed by atoms with Gasteiger partial charge in [-0.05, 0) is 44.0 Å². The third-order valence-electron chi connectivity index (χ3n) is 3.51. The number of hydrogen-bond donors (Lipinski definition) is 1. The van der Waals surface area contributed by atoms with Crippen LogP contribution in [0, 0.1) is 0 Å². The summed E-state index contributed by atoms with van der Waals surface area (Å²) in [4.78, 5) is 4.43. The fourth-order valence-electron chi connectivity index (χ4n) is 2.53. The van der Waals surface area contributed by atoms with E-state index in [0.29, 0.717) is 6.04 Å². The van der Waals surface area contributed by atoms with Gasteiger partial charge in [-0.15, -0.1) is 0 Å². The topological polar surface area (TPSA) is 34.1 Å². The Labute approximate surface area is 121 Å². The van der Waals surface area contributed by atoms with Crippen LogP contribution >= 0.6 is 0 Å². The number of likely N-dealkylation sites (N-methyl/N-ethyl adjacent to an activating group) is 1. The fourth-order valence-corrected chi connectivity index (χ4v) is 2.53. The summed E-state index contributed by atoms with van der Waals surface area (Å²) in [5.41, 5.74) is 2.43. The van der Waals surface area contributed by atoms with Crippen molar-refractivity contribution in [2.24, 2.45) is 0 Å². The molecule has 3 heteroatoms. The van der Waals surface area contributed by atoms with E-state index in [4.69, 9.17) is 4.74 Å². The summed E-state index contributed by atoms with van der Waals surface area (Å²) >= 11 is 0. The van der Waals surface area contributed by atoms with Gasteiger partial charge in [-0.3, -0.25) is 4.98 Å². The van der Waals surface area contributed by atoms with E-state index < -0.39 is 0 Å². The van der Waals surface area contributed by atoms with Gasteiger partial charge in [0.25, 0.3) is 0 Å². The quantitative estimate of drug-likeness (QED) is 0.749. The molecule has 0 bridgehead atoms. The first kappa shape index (κ1) is 14.9. The summed E-state index contributed by atoms with van der Waals surface area (Å²) in [6.07, 6.45) is 3.96. The lowest BCUT2D eigenvalue weighted by Gasteiger charge is -2.18. The van der Waals surface area contributed by atoms with E-state index in [0.717, 1.165) is 38.1 Å². The molecule has 108 valence electrons. The highest BCUT2D eigenvalue weighted by molar-refractivity contribution is 5.81. The van der Waals surface area contributed by atoms with E-state index >= 15 is 0 Å². The van der Waals surface area contributed by atoms with Gasteiger partial charge in [0.1, 0.15) is 0 Å². The number of para-hydroxylation sites is 1. The van der Waals surface area contributed by atoms with Gasteiger partial charge in [0.2, 0.25) is 0 Å². The van der Waals surface area contributed by atoms with Crippen LogP contribution in [0.15, 0.2) is 36.5 Å². The molecule has 2 rings (SSSR count). The highest BCUT2D eigenvalue weighted by atomic mass is 16.5. The van der Waals surface area contributed by atoms with Gasteiger partial charge >= 0.3 is 0 Å². The predicted molar refractivity (Wildman–Crippen MR) is 84.0 cm³/mol. The van der Waals surface area contributed by atoms with Gasteiger partial charge in [-0.2, -0.15) is 0 Å². The second-order valence-electron chi connectivity index (χ2n) is 4.93. The zero-order valence-corrected chi connectivity index (χ0v) is 12.4. The molecule has 0 amide bonds. The van der Waals surface area contributed by atoms with E-state index in [-0.39, 0.29) is 0 Å². The molecule has 0 saturated carbocycles. The Bertz CT molecular complexity index is 522. The maximum absolute atomic E-state index is 5.48. The Balaban J connectivity index is 2.11. The Morgan fingerprint density at radius 2 is 2.05 bits per heavy atom. The van der Waals surface area contributed by atoms with Gasteiger partial charge in [0.15, 0.2) is 0 Å². The van der Waals surface area contributed by atoms with E-state index in [1.54, 1.807) is 0 Å². The SMILES string of the molecule is CCNC(CCOCC)Cc1ccnc2ccccc12. The number of rotatable bonds is 8. The zero-order valence-electron chi connectivity index (χ0n) is 12.4. The van der Waals surface area contributed by atoms with Crippen LogP contribution in [0.4, 0.5) is 0 Å². The second kappa shape index (κ2) is 7.98.